The molecule has 7 atom stereocenters. The van der Waals surface area contributed by atoms with E-state index in [2.05, 4.69) is 0 Å². The third-order valence-corrected chi connectivity index (χ3v) is 4.37. The lowest BCUT2D eigenvalue weighted by Crippen LogP contribution is -2.58. The molecule has 1 aliphatic heterocycles. The number of hydrogen-bond donors (Lipinski definition) is 6. The highest BCUT2D eigenvalue weighted by Crippen LogP contribution is 2.31. The number of ether oxygens (including phenoxy) is 1. The number of carbonyl (C=O) groups is 1. The van der Waals surface area contributed by atoms with Crippen LogP contribution in [0.2, 0.25) is 0 Å². The summed E-state index contributed by atoms with van der Waals surface area (Å²) in [7, 11) is 0. The first-order chi connectivity index (χ1) is 8.79. The Balaban J connectivity index is 2.69. The first-order valence-corrected chi connectivity index (χ1v) is 6.68. The first kappa shape index (κ1) is 16.6. The van der Waals surface area contributed by atoms with Crippen LogP contribution in [0.15, 0.2) is 0 Å². The number of aliphatic carboxylic acids is 1. The lowest BCUT2D eigenvalue weighted by atomic mass is 10.0. The molecule has 8 nitrogen and oxygen atoms in total. The second-order valence-electron chi connectivity index (χ2n) is 4.40. The van der Waals surface area contributed by atoms with Gasteiger partial charge in [0.25, 0.3) is 0 Å². The van der Waals surface area contributed by atoms with E-state index in [9.17, 15) is 20.1 Å². The molecule has 1 saturated heterocycles. The zero-order chi connectivity index (χ0) is 14.7. The van der Waals surface area contributed by atoms with Crippen molar-refractivity contribution in [3.05, 3.63) is 0 Å². The van der Waals surface area contributed by atoms with E-state index < -0.39 is 53.7 Å². The van der Waals surface area contributed by atoms with Gasteiger partial charge >= 0.3 is 5.97 Å². The summed E-state index contributed by atoms with van der Waals surface area (Å²) in [5.41, 5.74) is 4.46. The highest BCUT2D eigenvalue weighted by molar-refractivity contribution is 8.00. The van der Waals surface area contributed by atoms with Crippen molar-refractivity contribution in [1.29, 1.82) is 0 Å². The van der Waals surface area contributed by atoms with E-state index in [4.69, 9.17) is 20.7 Å². The minimum absolute atomic E-state index is 0.526. The molecule has 0 radical (unpaired) electrons. The Kier molecular flexibility index (Phi) is 5.99. The lowest BCUT2D eigenvalue weighted by Gasteiger charge is -2.40. The van der Waals surface area contributed by atoms with Crippen molar-refractivity contribution in [3.63, 3.8) is 0 Å². The molecular formula is C10H19NO7S. The molecule has 0 aromatic rings. The smallest absolute Gasteiger partial charge is 0.321 e. The van der Waals surface area contributed by atoms with Crippen LogP contribution in [0.5, 0.6) is 0 Å². The molecule has 19 heavy (non-hydrogen) atoms. The van der Waals surface area contributed by atoms with Crippen molar-refractivity contribution in [2.24, 2.45) is 5.73 Å². The van der Waals surface area contributed by atoms with Crippen LogP contribution in [0, 0.1) is 0 Å². The molecule has 7 N–H and O–H groups in total. The van der Waals surface area contributed by atoms with Crippen LogP contribution in [0.25, 0.3) is 0 Å². The molecule has 112 valence electrons. The summed E-state index contributed by atoms with van der Waals surface area (Å²) < 4.78 is 5.24. The largest absolute Gasteiger partial charge is 0.480 e. The van der Waals surface area contributed by atoms with Gasteiger partial charge in [-0.05, 0) is 0 Å². The van der Waals surface area contributed by atoms with Crippen molar-refractivity contribution < 1.29 is 35.1 Å². The van der Waals surface area contributed by atoms with Crippen LogP contribution >= 0.6 is 11.8 Å². The quantitative estimate of drug-likeness (QED) is 0.318. The van der Waals surface area contributed by atoms with Gasteiger partial charge in [0.15, 0.2) is 0 Å². The molecule has 0 saturated carbocycles. The summed E-state index contributed by atoms with van der Waals surface area (Å²) in [6, 6.07) is -1.16. The van der Waals surface area contributed by atoms with E-state index in [1.165, 1.54) is 0 Å². The number of rotatable bonds is 5. The average Bonchev–Trinajstić information content (AvgIpc) is 2.38. The van der Waals surface area contributed by atoms with Crippen LogP contribution in [0.3, 0.4) is 0 Å². The van der Waals surface area contributed by atoms with Gasteiger partial charge in [0, 0.05) is 5.25 Å². The number of carboxylic acid groups (broad SMARTS) is 1. The molecule has 9 heteroatoms. The van der Waals surface area contributed by atoms with Crippen molar-refractivity contribution in [1.82, 2.24) is 0 Å². The SMILES string of the molecule is C[C@@H](S[C@@H]1O[C@H](CO)[C@@H](O)[C@H](O)[C@H]1O)[C@H](N)C(=O)O. The number of hydrogen-bond acceptors (Lipinski definition) is 8. The summed E-state index contributed by atoms with van der Waals surface area (Å²) in [4.78, 5) is 10.7. The van der Waals surface area contributed by atoms with Gasteiger partial charge in [-0.3, -0.25) is 4.79 Å². The van der Waals surface area contributed by atoms with Crippen molar-refractivity contribution in [2.45, 2.75) is 48.1 Å². The average molecular weight is 297 g/mol. The molecule has 0 aromatic heterocycles. The summed E-state index contributed by atoms with van der Waals surface area (Å²) in [6.07, 6.45) is -5.31. The van der Waals surface area contributed by atoms with Gasteiger partial charge in [0.1, 0.15) is 35.9 Å². The number of aliphatic hydroxyl groups excluding tert-OH is 4. The Labute approximate surface area is 114 Å². The maximum absolute atomic E-state index is 10.7. The molecule has 1 aliphatic rings. The van der Waals surface area contributed by atoms with Gasteiger partial charge in [-0.15, -0.1) is 11.8 Å². The molecule has 1 heterocycles. The number of thioether (sulfide) groups is 1. The fourth-order valence-corrected chi connectivity index (χ4v) is 2.91. The van der Waals surface area contributed by atoms with Crippen molar-refractivity contribution in [3.8, 4) is 0 Å². The van der Waals surface area contributed by atoms with Crippen LogP contribution in [-0.4, -0.2) is 79.3 Å². The van der Waals surface area contributed by atoms with E-state index in [0.29, 0.717) is 0 Å². The zero-order valence-electron chi connectivity index (χ0n) is 10.3. The van der Waals surface area contributed by atoms with Crippen molar-refractivity contribution in [2.75, 3.05) is 6.61 Å². The monoisotopic (exact) mass is 297 g/mol. The Morgan fingerprint density at radius 1 is 1.32 bits per heavy atom. The molecular weight excluding hydrogens is 278 g/mol. The van der Waals surface area contributed by atoms with Gasteiger partial charge in [0.05, 0.1) is 6.61 Å². The van der Waals surface area contributed by atoms with Crippen LogP contribution in [-0.2, 0) is 9.53 Å². The second kappa shape index (κ2) is 6.84. The predicted octanol–water partition coefficient (Wildman–Crippen LogP) is -2.68. The van der Waals surface area contributed by atoms with E-state index in [0.717, 1.165) is 11.8 Å². The number of carboxylic acids is 1. The maximum Gasteiger partial charge on any atom is 0.321 e. The summed E-state index contributed by atoms with van der Waals surface area (Å²) in [5, 5.41) is 46.1. The highest BCUT2D eigenvalue weighted by Gasteiger charge is 2.44. The minimum atomic E-state index is -1.48. The maximum atomic E-state index is 10.7. The zero-order valence-corrected chi connectivity index (χ0v) is 11.1. The highest BCUT2D eigenvalue weighted by atomic mass is 32.2. The molecule has 0 spiro atoms. The lowest BCUT2D eigenvalue weighted by molar-refractivity contribution is -0.205. The molecule has 0 unspecified atom stereocenters. The van der Waals surface area contributed by atoms with Gasteiger partial charge in [-0.25, -0.2) is 0 Å². The standard InChI is InChI=1S/C10H19NO7S/c1-3(5(11)9(16)17)19-10-8(15)7(14)6(13)4(2-12)18-10/h3-8,10,12-15H,2,11H2,1H3,(H,16,17)/t3-,4-,5+,6-,7+,8-,10+/m1/s1. The van der Waals surface area contributed by atoms with Gasteiger partial charge < -0.3 is 36.0 Å². The number of nitrogens with two attached hydrogens (primary N) is 1. The topological polar surface area (TPSA) is 153 Å². The Hall–Kier alpha value is -0.420. The van der Waals surface area contributed by atoms with E-state index in [1.54, 1.807) is 6.92 Å². The van der Waals surface area contributed by atoms with E-state index in [-0.39, 0.29) is 0 Å². The normalized spacial score (nSPS) is 38.7. The molecule has 1 rings (SSSR count). The fourth-order valence-electron chi connectivity index (χ4n) is 1.68. The summed E-state index contributed by atoms with van der Waals surface area (Å²) in [5.74, 6) is -1.19. The van der Waals surface area contributed by atoms with Crippen LogP contribution in [0.1, 0.15) is 6.92 Å². The van der Waals surface area contributed by atoms with E-state index in [1.807, 2.05) is 0 Å². The third-order valence-electron chi connectivity index (χ3n) is 2.99. The Bertz CT molecular complexity index is 316. The van der Waals surface area contributed by atoms with E-state index >= 15 is 0 Å². The third kappa shape index (κ3) is 3.78. The molecule has 0 bridgehead atoms. The minimum Gasteiger partial charge on any atom is -0.480 e. The van der Waals surface area contributed by atoms with Crippen molar-refractivity contribution >= 4 is 17.7 Å². The molecule has 0 aliphatic carbocycles. The summed E-state index contributed by atoms with van der Waals surface area (Å²) >= 11 is 0.930. The van der Waals surface area contributed by atoms with Crippen LogP contribution < -0.4 is 5.73 Å². The first-order valence-electron chi connectivity index (χ1n) is 5.74. The van der Waals surface area contributed by atoms with Crippen LogP contribution in [0.4, 0.5) is 0 Å². The molecule has 1 fully saturated rings. The fraction of sp³-hybridized carbons (Fsp3) is 0.900. The van der Waals surface area contributed by atoms with Gasteiger partial charge in [-0.2, -0.15) is 0 Å². The van der Waals surface area contributed by atoms with Gasteiger partial charge in [-0.1, -0.05) is 6.92 Å². The predicted molar refractivity (Wildman–Crippen MR) is 66.4 cm³/mol. The van der Waals surface area contributed by atoms with Gasteiger partial charge in [0.2, 0.25) is 0 Å². The molecule has 0 amide bonds. The Morgan fingerprint density at radius 3 is 2.37 bits per heavy atom. The number of aliphatic hydroxyl groups is 4. The molecule has 0 aromatic carbocycles. The Morgan fingerprint density at radius 2 is 1.89 bits per heavy atom. The summed E-state index contributed by atoms with van der Waals surface area (Å²) in [6.45, 7) is 1.02. The second-order valence-corrected chi connectivity index (χ2v) is 5.88.